The van der Waals surface area contributed by atoms with Crippen molar-refractivity contribution in [2.45, 2.75) is 110 Å². The van der Waals surface area contributed by atoms with E-state index in [1.807, 2.05) is 0 Å². The minimum Gasteiger partial charge on any atom is -0.478 e. The van der Waals surface area contributed by atoms with Crippen LogP contribution in [0.15, 0.2) is 30.3 Å². The van der Waals surface area contributed by atoms with E-state index in [4.69, 9.17) is 5.11 Å². The van der Waals surface area contributed by atoms with Gasteiger partial charge in [-0.1, -0.05) is 115 Å². The van der Waals surface area contributed by atoms with Crippen molar-refractivity contribution in [3.8, 4) is 0 Å². The monoisotopic (exact) mass is 434 g/mol. The van der Waals surface area contributed by atoms with Gasteiger partial charge in [0, 0.05) is 0 Å². The van der Waals surface area contributed by atoms with Gasteiger partial charge in [-0.3, -0.25) is 0 Å². The van der Waals surface area contributed by atoms with E-state index in [1.165, 1.54) is 109 Å². The second kappa shape index (κ2) is 20.5. The molecule has 1 aromatic carbocycles. The molecule has 3 nitrogen and oxygen atoms in total. The van der Waals surface area contributed by atoms with Crippen LogP contribution in [-0.2, 0) is 0 Å². The molecule has 0 aliphatic rings. The minimum atomic E-state index is -0.879. The van der Waals surface area contributed by atoms with E-state index in [9.17, 15) is 4.79 Å². The molecular weight excluding hydrogens is 382 g/mol. The van der Waals surface area contributed by atoms with Crippen molar-refractivity contribution in [3.05, 3.63) is 35.9 Å². The lowest BCUT2D eigenvalue weighted by Gasteiger charge is -2.23. The fourth-order valence-electron chi connectivity index (χ4n) is 3.71. The SMILES string of the molecule is CCCCCCCCCCCCCCCCCC[N+](C)(C)C.O=C(O)c1ccccc1. The van der Waals surface area contributed by atoms with Gasteiger partial charge in [0.1, 0.15) is 0 Å². The Hall–Kier alpha value is -1.35. The largest absolute Gasteiger partial charge is 0.478 e. The Labute approximate surface area is 193 Å². The van der Waals surface area contributed by atoms with Gasteiger partial charge in [0.2, 0.25) is 0 Å². The maximum Gasteiger partial charge on any atom is 0.335 e. The summed E-state index contributed by atoms with van der Waals surface area (Å²) >= 11 is 0. The van der Waals surface area contributed by atoms with E-state index >= 15 is 0 Å². The number of nitrogens with zero attached hydrogens (tertiary/aromatic N) is 1. The molecule has 0 aliphatic heterocycles. The van der Waals surface area contributed by atoms with Crippen molar-refractivity contribution in [3.63, 3.8) is 0 Å². The number of carboxylic acid groups (broad SMARTS) is 1. The van der Waals surface area contributed by atoms with Crippen LogP contribution in [0.5, 0.6) is 0 Å². The van der Waals surface area contributed by atoms with Gasteiger partial charge in [0.25, 0.3) is 0 Å². The first kappa shape index (κ1) is 29.7. The van der Waals surface area contributed by atoms with Gasteiger partial charge in [-0.15, -0.1) is 0 Å². The van der Waals surface area contributed by atoms with Gasteiger partial charge in [-0.25, -0.2) is 4.79 Å². The molecule has 0 spiro atoms. The quantitative estimate of drug-likeness (QED) is 0.186. The molecule has 0 fully saturated rings. The van der Waals surface area contributed by atoms with Crippen LogP contribution in [0.3, 0.4) is 0 Å². The van der Waals surface area contributed by atoms with Crippen LogP contribution in [0.1, 0.15) is 120 Å². The number of quaternary nitrogens is 1. The van der Waals surface area contributed by atoms with Crippen LogP contribution in [0.4, 0.5) is 0 Å². The number of aromatic carboxylic acids is 1. The molecule has 0 unspecified atom stereocenters. The topological polar surface area (TPSA) is 37.3 Å². The van der Waals surface area contributed by atoms with Crippen molar-refractivity contribution >= 4 is 5.97 Å². The summed E-state index contributed by atoms with van der Waals surface area (Å²) in [6.45, 7) is 3.63. The number of carboxylic acids is 1. The normalized spacial score (nSPS) is 11.1. The molecule has 31 heavy (non-hydrogen) atoms. The number of unbranched alkanes of at least 4 members (excludes halogenated alkanes) is 15. The van der Waals surface area contributed by atoms with E-state index in [0.29, 0.717) is 5.56 Å². The third-order valence-corrected chi connectivity index (χ3v) is 5.70. The predicted octanol–water partition coefficient (Wildman–Crippen LogP) is 8.34. The molecular formula is C28H52NO2+. The van der Waals surface area contributed by atoms with Gasteiger partial charge in [0.05, 0.1) is 33.3 Å². The number of hydrogen-bond donors (Lipinski definition) is 1. The standard InChI is InChI=1S/C21H46N.C7H6O2/c1-5-6-7-8-9-10-11-12-13-14-15-16-17-18-19-20-21-22(2,3)4;8-7(9)6-4-2-1-3-5-6/h5-21H2,1-4H3;1-5H,(H,8,9)/q+1;. The maximum absolute atomic E-state index is 10.2. The van der Waals surface area contributed by atoms with Crippen molar-refractivity contribution in [2.75, 3.05) is 27.7 Å². The molecule has 3 heteroatoms. The molecule has 0 radical (unpaired) electrons. The Bertz CT molecular complexity index is 507. The third kappa shape index (κ3) is 23.1. The fraction of sp³-hybridized carbons (Fsp3) is 0.750. The summed E-state index contributed by atoms with van der Waals surface area (Å²) in [6.07, 6.45) is 23.4. The summed E-state index contributed by atoms with van der Waals surface area (Å²) in [5, 5.41) is 8.38. The number of benzene rings is 1. The molecule has 0 atom stereocenters. The zero-order chi connectivity index (χ0) is 23.2. The molecule has 0 heterocycles. The van der Waals surface area contributed by atoms with Crippen LogP contribution in [0.2, 0.25) is 0 Å². The molecule has 0 aliphatic carbocycles. The Morgan fingerprint density at radius 3 is 1.29 bits per heavy atom. The minimum absolute atomic E-state index is 0.331. The maximum atomic E-state index is 10.2. The number of carbonyl (C=O) groups is 1. The van der Waals surface area contributed by atoms with Gasteiger partial charge >= 0.3 is 5.97 Å². The summed E-state index contributed by atoms with van der Waals surface area (Å²) < 4.78 is 1.12. The third-order valence-electron chi connectivity index (χ3n) is 5.70. The van der Waals surface area contributed by atoms with Crippen molar-refractivity contribution < 1.29 is 14.4 Å². The molecule has 0 saturated carbocycles. The number of rotatable bonds is 18. The highest BCUT2D eigenvalue weighted by molar-refractivity contribution is 5.87. The zero-order valence-electron chi connectivity index (χ0n) is 21.2. The molecule has 1 aromatic rings. The van der Waals surface area contributed by atoms with Crippen molar-refractivity contribution in [1.29, 1.82) is 0 Å². The number of hydrogen-bond acceptors (Lipinski definition) is 1. The Morgan fingerprint density at radius 1 is 0.645 bits per heavy atom. The molecule has 1 N–H and O–H groups in total. The van der Waals surface area contributed by atoms with Crippen LogP contribution in [-0.4, -0.2) is 43.2 Å². The molecule has 0 bridgehead atoms. The summed E-state index contributed by atoms with van der Waals surface area (Å²) in [7, 11) is 6.89. The van der Waals surface area contributed by atoms with E-state index in [2.05, 4.69) is 28.1 Å². The first-order valence-corrected chi connectivity index (χ1v) is 13.0. The molecule has 0 saturated heterocycles. The van der Waals surface area contributed by atoms with Crippen molar-refractivity contribution in [1.82, 2.24) is 0 Å². The average Bonchev–Trinajstić information content (AvgIpc) is 2.74. The first-order valence-electron chi connectivity index (χ1n) is 13.0. The van der Waals surface area contributed by atoms with Crippen LogP contribution < -0.4 is 0 Å². The highest BCUT2D eigenvalue weighted by Crippen LogP contribution is 2.13. The van der Waals surface area contributed by atoms with Crippen LogP contribution in [0.25, 0.3) is 0 Å². The van der Waals surface area contributed by atoms with Crippen molar-refractivity contribution in [2.24, 2.45) is 0 Å². The second-order valence-corrected chi connectivity index (χ2v) is 9.99. The lowest BCUT2D eigenvalue weighted by molar-refractivity contribution is -0.870. The summed E-state index contributed by atoms with van der Waals surface area (Å²) in [4.78, 5) is 10.2. The van der Waals surface area contributed by atoms with Gasteiger partial charge in [0.15, 0.2) is 0 Å². The molecule has 0 amide bonds. The molecule has 180 valence electrons. The van der Waals surface area contributed by atoms with Gasteiger partial charge in [-0.2, -0.15) is 0 Å². The van der Waals surface area contributed by atoms with E-state index in [1.54, 1.807) is 30.3 Å². The lowest BCUT2D eigenvalue weighted by Crippen LogP contribution is -2.35. The zero-order valence-corrected chi connectivity index (χ0v) is 21.2. The highest BCUT2D eigenvalue weighted by Gasteiger charge is 2.05. The van der Waals surface area contributed by atoms with E-state index < -0.39 is 5.97 Å². The Morgan fingerprint density at radius 2 is 1.00 bits per heavy atom. The predicted molar refractivity (Wildman–Crippen MR) is 136 cm³/mol. The van der Waals surface area contributed by atoms with Crippen LogP contribution in [0, 0.1) is 0 Å². The van der Waals surface area contributed by atoms with Crippen LogP contribution >= 0.6 is 0 Å². The molecule has 1 rings (SSSR count). The highest BCUT2D eigenvalue weighted by atomic mass is 16.4. The summed E-state index contributed by atoms with van der Waals surface area (Å²) in [6, 6.07) is 8.30. The van der Waals surface area contributed by atoms with E-state index in [0.717, 1.165) is 4.48 Å². The van der Waals surface area contributed by atoms with Gasteiger partial charge in [-0.05, 0) is 25.0 Å². The summed E-state index contributed by atoms with van der Waals surface area (Å²) in [5.41, 5.74) is 0.331. The lowest BCUT2D eigenvalue weighted by atomic mass is 10.0. The Balaban J connectivity index is 0.000000823. The van der Waals surface area contributed by atoms with E-state index in [-0.39, 0.29) is 0 Å². The molecule has 0 aromatic heterocycles. The fourth-order valence-corrected chi connectivity index (χ4v) is 3.71. The first-order chi connectivity index (χ1) is 14.9. The smallest absolute Gasteiger partial charge is 0.335 e. The average molecular weight is 435 g/mol. The summed E-state index contributed by atoms with van der Waals surface area (Å²) in [5.74, 6) is -0.879. The Kier molecular flexibility index (Phi) is 19.7. The second-order valence-electron chi connectivity index (χ2n) is 9.99. The van der Waals surface area contributed by atoms with Gasteiger partial charge < -0.3 is 9.59 Å².